The Hall–Kier alpha value is -2.88. The number of ether oxygens (including phenoxy) is 1. The quantitative estimate of drug-likeness (QED) is 0.711. The largest absolute Gasteiger partial charge is 0.478 e. The van der Waals surface area contributed by atoms with E-state index in [9.17, 15) is 0 Å². The van der Waals surface area contributed by atoms with E-state index in [-0.39, 0.29) is 5.92 Å². The number of benzene rings is 2. The van der Waals surface area contributed by atoms with Crippen LogP contribution in [-0.4, -0.2) is 23.1 Å². The zero-order valence-electron chi connectivity index (χ0n) is 13.7. The number of aromatic nitrogens is 2. The molecule has 0 spiro atoms. The van der Waals surface area contributed by atoms with E-state index in [2.05, 4.69) is 63.8 Å². The molecule has 3 aromatic rings. The summed E-state index contributed by atoms with van der Waals surface area (Å²) in [5.41, 5.74) is 2.55. The number of nitrogens with one attached hydrogen (secondary N) is 1. The lowest BCUT2D eigenvalue weighted by atomic mass is 9.91. The molecule has 0 aliphatic heterocycles. The van der Waals surface area contributed by atoms with E-state index in [0.717, 1.165) is 12.4 Å². The highest BCUT2D eigenvalue weighted by molar-refractivity contribution is 5.40. The van der Waals surface area contributed by atoms with Crippen LogP contribution in [-0.2, 0) is 0 Å². The fourth-order valence-corrected chi connectivity index (χ4v) is 2.67. The molecule has 1 N–H and O–H groups in total. The normalized spacial score (nSPS) is 10.6. The van der Waals surface area contributed by atoms with Crippen LogP contribution < -0.4 is 10.1 Å². The summed E-state index contributed by atoms with van der Waals surface area (Å²) in [5.74, 6) is 1.61. The molecule has 0 fully saturated rings. The van der Waals surface area contributed by atoms with Gasteiger partial charge >= 0.3 is 0 Å². The first-order valence-corrected chi connectivity index (χ1v) is 8.15. The fraction of sp³-hybridized carbons (Fsp3) is 0.200. The van der Waals surface area contributed by atoms with Crippen molar-refractivity contribution >= 4 is 5.82 Å². The number of nitrogens with zero attached hydrogens (tertiary/aromatic N) is 2. The topological polar surface area (TPSA) is 47.0 Å². The van der Waals surface area contributed by atoms with Crippen molar-refractivity contribution in [1.82, 2.24) is 9.97 Å². The molecule has 4 heteroatoms. The molecule has 0 unspecified atom stereocenters. The second-order valence-electron chi connectivity index (χ2n) is 5.43. The van der Waals surface area contributed by atoms with Gasteiger partial charge in [-0.1, -0.05) is 60.7 Å². The lowest BCUT2D eigenvalue weighted by Crippen LogP contribution is -2.15. The second-order valence-corrected chi connectivity index (χ2v) is 5.43. The van der Waals surface area contributed by atoms with Gasteiger partial charge in [-0.05, 0) is 18.1 Å². The number of hydrogen-bond acceptors (Lipinski definition) is 4. The van der Waals surface area contributed by atoms with Crippen LogP contribution in [0.2, 0.25) is 0 Å². The van der Waals surface area contributed by atoms with E-state index in [0.29, 0.717) is 12.5 Å². The molecule has 0 bridgehead atoms. The monoisotopic (exact) mass is 319 g/mol. The Morgan fingerprint density at radius 2 is 1.54 bits per heavy atom. The average molecular weight is 319 g/mol. The molecule has 0 radical (unpaired) electrons. The van der Waals surface area contributed by atoms with E-state index >= 15 is 0 Å². The molecular formula is C20H21N3O. The highest BCUT2D eigenvalue weighted by Crippen LogP contribution is 2.25. The standard InChI is InChI=1S/C20H21N3O/c1-2-24-20-13-19(22-15-23-20)21-14-18(16-9-5-3-6-10-16)17-11-7-4-8-12-17/h3-13,15,18H,2,14H2,1H3,(H,21,22,23). The van der Waals surface area contributed by atoms with Crippen LogP contribution in [0.25, 0.3) is 0 Å². The molecule has 0 saturated heterocycles. The molecule has 1 heterocycles. The van der Waals surface area contributed by atoms with Crippen LogP contribution in [0.4, 0.5) is 5.82 Å². The summed E-state index contributed by atoms with van der Waals surface area (Å²) in [7, 11) is 0. The van der Waals surface area contributed by atoms with Gasteiger partial charge in [-0.3, -0.25) is 0 Å². The minimum absolute atomic E-state index is 0.248. The van der Waals surface area contributed by atoms with E-state index in [1.807, 2.05) is 25.1 Å². The fourth-order valence-electron chi connectivity index (χ4n) is 2.67. The van der Waals surface area contributed by atoms with Gasteiger partial charge in [0.15, 0.2) is 0 Å². The number of anilines is 1. The molecule has 122 valence electrons. The van der Waals surface area contributed by atoms with Gasteiger partial charge < -0.3 is 10.1 Å². The number of rotatable bonds is 7. The summed E-state index contributed by atoms with van der Waals surface area (Å²) >= 11 is 0. The molecule has 1 aromatic heterocycles. The van der Waals surface area contributed by atoms with Crippen LogP contribution in [0.1, 0.15) is 24.0 Å². The maximum absolute atomic E-state index is 5.43. The minimum atomic E-state index is 0.248. The third kappa shape index (κ3) is 4.10. The summed E-state index contributed by atoms with van der Waals surface area (Å²) in [4.78, 5) is 8.38. The third-order valence-electron chi connectivity index (χ3n) is 3.83. The Balaban J connectivity index is 1.79. The maximum Gasteiger partial charge on any atom is 0.218 e. The molecule has 4 nitrogen and oxygen atoms in total. The van der Waals surface area contributed by atoms with E-state index in [4.69, 9.17) is 4.74 Å². The zero-order chi connectivity index (χ0) is 16.6. The Labute approximate surface area is 142 Å². The smallest absolute Gasteiger partial charge is 0.218 e. The molecule has 0 amide bonds. The van der Waals surface area contributed by atoms with Gasteiger partial charge in [0.05, 0.1) is 6.61 Å². The molecule has 3 rings (SSSR count). The van der Waals surface area contributed by atoms with Crippen LogP contribution in [0.15, 0.2) is 73.1 Å². The first-order valence-electron chi connectivity index (χ1n) is 8.15. The van der Waals surface area contributed by atoms with Crippen molar-refractivity contribution in [3.05, 3.63) is 84.2 Å². The zero-order valence-corrected chi connectivity index (χ0v) is 13.7. The molecule has 0 aliphatic rings. The van der Waals surface area contributed by atoms with Gasteiger partial charge in [0.1, 0.15) is 12.1 Å². The minimum Gasteiger partial charge on any atom is -0.478 e. The molecule has 0 atom stereocenters. The number of hydrogen-bond donors (Lipinski definition) is 1. The van der Waals surface area contributed by atoms with Crippen molar-refractivity contribution in [3.63, 3.8) is 0 Å². The Kier molecular flexibility index (Phi) is 5.40. The highest BCUT2D eigenvalue weighted by atomic mass is 16.5. The molecule has 0 saturated carbocycles. The van der Waals surface area contributed by atoms with Crippen molar-refractivity contribution in [2.45, 2.75) is 12.8 Å². The predicted molar refractivity (Wildman–Crippen MR) is 96.4 cm³/mol. The molecule has 24 heavy (non-hydrogen) atoms. The van der Waals surface area contributed by atoms with Crippen molar-refractivity contribution in [2.75, 3.05) is 18.5 Å². The van der Waals surface area contributed by atoms with Crippen LogP contribution >= 0.6 is 0 Å². The average Bonchev–Trinajstić information content (AvgIpc) is 2.64. The first kappa shape index (κ1) is 16.0. The first-order chi connectivity index (χ1) is 11.9. The van der Waals surface area contributed by atoms with E-state index in [1.165, 1.54) is 17.5 Å². The van der Waals surface area contributed by atoms with Crippen molar-refractivity contribution in [1.29, 1.82) is 0 Å². The summed E-state index contributed by atoms with van der Waals surface area (Å²) in [6.07, 6.45) is 1.52. The van der Waals surface area contributed by atoms with Crippen LogP contribution in [0, 0.1) is 0 Å². The Morgan fingerprint density at radius 3 is 2.12 bits per heavy atom. The molecular weight excluding hydrogens is 298 g/mol. The van der Waals surface area contributed by atoms with Gasteiger partial charge in [-0.25, -0.2) is 9.97 Å². The summed E-state index contributed by atoms with van der Waals surface area (Å²) in [6.45, 7) is 3.28. The van der Waals surface area contributed by atoms with Crippen LogP contribution in [0.3, 0.4) is 0 Å². The summed E-state index contributed by atoms with van der Waals surface area (Å²) in [6, 6.07) is 22.8. The van der Waals surface area contributed by atoms with Gasteiger partial charge in [0, 0.05) is 18.5 Å². The van der Waals surface area contributed by atoms with Crippen molar-refractivity contribution in [2.24, 2.45) is 0 Å². The Morgan fingerprint density at radius 1 is 0.917 bits per heavy atom. The summed E-state index contributed by atoms with van der Waals surface area (Å²) in [5, 5.41) is 3.41. The van der Waals surface area contributed by atoms with Gasteiger partial charge in [-0.15, -0.1) is 0 Å². The van der Waals surface area contributed by atoms with Crippen LogP contribution in [0.5, 0.6) is 5.88 Å². The lowest BCUT2D eigenvalue weighted by molar-refractivity contribution is 0.326. The van der Waals surface area contributed by atoms with Crippen molar-refractivity contribution < 1.29 is 4.74 Å². The van der Waals surface area contributed by atoms with E-state index in [1.54, 1.807) is 0 Å². The molecule has 0 aliphatic carbocycles. The second kappa shape index (κ2) is 8.11. The van der Waals surface area contributed by atoms with E-state index < -0.39 is 0 Å². The summed E-state index contributed by atoms with van der Waals surface area (Å²) < 4.78 is 5.43. The molecule has 2 aromatic carbocycles. The van der Waals surface area contributed by atoms with Gasteiger partial charge in [0.2, 0.25) is 5.88 Å². The maximum atomic E-state index is 5.43. The highest BCUT2D eigenvalue weighted by Gasteiger charge is 2.14. The van der Waals surface area contributed by atoms with Gasteiger partial charge in [-0.2, -0.15) is 0 Å². The predicted octanol–water partition coefficient (Wildman–Crippen LogP) is 4.12. The Bertz CT molecular complexity index is 708. The van der Waals surface area contributed by atoms with Gasteiger partial charge in [0.25, 0.3) is 0 Å². The third-order valence-corrected chi connectivity index (χ3v) is 3.83. The van der Waals surface area contributed by atoms with Crippen molar-refractivity contribution in [3.8, 4) is 5.88 Å². The SMILES string of the molecule is CCOc1cc(NCC(c2ccccc2)c2ccccc2)ncn1. The lowest BCUT2D eigenvalue weighted by Gasteiger charge is -2.19.